The molecule has 0 saturated heterocycles. The van der Waals surface area contributed by atoms with Gasteiger partial charge in [-0.15, -0.1) is 0 Å². The van der Waals surface area contributed by atoms with Crippen LogP contribution in [0.2, 0.25) is 0 Å². The summed E-state index contributed by atoms with van der Waals surface area (Å²) < 4.78 is 0. The van der Waals surface area contributed by atoms with Crippen LogP contribution in [0.3, 0.4) is 0 Å². The molecule has 0 radical (unpaired) electrons. The van der Waals surface area contributed by atoms with Crippen LogP contribution >= 0.6 is 0 Å². The van der Waals surface area contributed by atoms with E-state index in [0.29, 0.717) is 17.2 Å². The minimum atomic E-state index is -0.335. The fraction of sp³-hybridized carbons (Fsp3) is 0.0769. The van der Waals surface area contributed by atoms with E-state index in [9.17, 15) is 4.79 Å². The topological polar surface area (TPSA) is 80.0 Å². The molecule has 0 saturated carbocycles. The molecule has 5 nitrogen and oxygen atoms in total. The predicted octanol–water partition coefficient (Wildman–Crippen LogP) is 2.62. The summed E-state index contributed by atoms with van der Waals surface area (Å²) in [5, 5.41) is 5.34. The van der Waals surface area contributed by atoms with E-state index < -0.39 is 0 Å². The second kappa shape index (κ2) is 5.18. The molecule has 5 heteroatoms. The number of nitrogen functional groups attached to an aromatic ring is 1. The third-order valence-electron chi connectivity index (χ3n) is 2.40. The van der Waals surface area contributed by atoms with Crippen LogP contribution in [-0.4, -0.2) is 11.0 Å². The Kier molecular flexibility index (Phi) is 3.43. The maximum Gasteiger partial charge on any atom is 0.324 e. The molecule has 0 aliphatic carbocycles. The summed E-state index contributed by atoms with van der Waals surface area (Å²) in [6.45, 7) is 1.79. The Labute approximate surface area is 105 Å². The number of para-hydroxylation sites is 1. The molecule has 1 aromatic heterocycles. The molecule has 18 heavy (non-hydrogen) atoms. The summed E-state index contributed by atoms with van der Waals surface area (Å²) in [6.07, 6.45) is 0. The molecule has 0 bridgehead atoms. The number of carbonyl (C=O) groups is 1. The van der Waals surface area contributed by atoms with Gasteiger partial charge in [0, 0.05) is 5.69 Å². The number of benzene rings is 1. The van der Waals surface area contributed by atoms with Crippen LogP contribution in [0.1, 0.15) is 5.69 Å². The van der Waals surface area contributed by atoms with Gasteiger partial charge in [0.05, 0.1) is 11.4 Å². The van der Waals surface area contributed by atoms with Crippen LogP contribution in [-0.2, 0) is 0 Å². The largest absolute Gasteiger partial charge is 0.397 e. The predicted molar refractivity (Wildman–Crippen MR) is 72.5 cm³/mol. The Bertz CT molecular complexity index is 554. The zero-order valence-corrected chi connectivity index (χ0v) is 9.97. The van der Waals surface area contributed by atoms with Gasteiger partial charge in [-0.1, -0.05) is 18.2 Å². The number of hydrogen-bond donors (Lipinski definition) is 3. The minimum absolute atomic E-state index is 0.335. The summed E-state index contributed by atoms with van der Waals surface area (Å²) in [5.41, 5.74) is 7.66. The van der Waals surface area contributed by atoms with Crippen molar-refractivity contribution in [2.24, 2.45) is 0 Å². The number of aromatic nitrogens is 1. The molecule has 0 aliphatic rings. The van der Waals surface area contributed by atoms with E-state index >= 15 is 0 Å². The molecule has 1 heterocycles. The first kappa shape index (κ1) is 11.9. The van der Waals surface area contributed by atoms with Crippen molar-refractivity contribution in [3.63, 3.8) is 0 Å². The van der Waals surface area contributed by atoms with Crippen molar-refractivity contribution >= 4 is 23.2 Å². The van der Waals surface area contributed by atoms with Crippen molar-refractivity contribution < 1.29 is 4.79 Å². The highest BCUT2D eigenvalue weighted by Crippen LogP contribution is 2.12. The second-order valence-corrected chi connectivity index (χ2v) is 3.82. The van der Waals surface area contributed by atoms with Crippen LogP contribution in [0.5, 0.6) is 0 Å². The quantitative estimate of drug-likeness (QED) is 0.757. The maximum absolute atomic E-state index is 11.7. The number of nitrogens with zero attached hydrogens (tertiary/aromatic N) is 1. The van der Waals surface area contributed by atoms with Crippen LogP contribution in [0.4, 0.5) is 22.0 Å². The summed E-state index contributed by atoms with van der Waals surface area (Å²) >= 11 is 0. The first-order valence-corrected chi connectivity index (χ1v) is 5.51. The van der Waals surface area contributed by atoms with Gasteiger partial charge in [0.2, 0.25) is 0 Å². The number of rotatable bonds is 2. The second-order valence-electron chi connectivity index (χ2n) is 3.82. The standard InChI is InChI=1S/C13H14N4O/c1-9-11(14)7-8-12(15-9)17-13(18)16-10-5-3-2-4-6-10/h2-8H,14H2,1H3,(H2,15,16,17,18). The molecule has 0 unspecified atom stereocenters. The number of aryl methyl sites for hydroxylation is 1. The van der Waals surface area contributed by atoms with Gasteiger partial charge in [-0.25, -0.2) is 9.78 Å². The molecule has 0 fully saturated rings. The van der Waals surface area contributed by atoms with Gasteiger partial charge in [0.25, 0.3) is 0 Å². The Morgan fingerprint density at radius 1 is 1.11 bits per heavy atom. The van der Waals surface area contributed by atoms with Crippen LogP contribution in [0.25, 0.3) is 0 Å². The molecule has 0 aliphatic heterocycles. The van der Waals surface area contributed by atoms with Gasteiger partial charge >= 0.3 is 6.03 Å². The third kappa shape index (κ3) is 2.98. The van der Waals surface area contributed by atoms with E-state index in [1.54, 1.807) is 31.2 Å². The summed E-state index contributed by atoms with van der Waals surface area (Å²) in [6, 6.07) is 12.2. The molecule has 92 valence electrons. The lowest BCUT2D eigenvalue weighted by Gasteiger charge is -2.08. The molecule has 2 rings (SSSR count). The monoisotopic (exact) mass is 242 g/mol. The number of nitrogens with two attached hydrogens (primary N) is 1. The molecular weight excluding hydrogens is 228 g/mol. The lowest BCUT2D eigenvalue weighted by Crippen LogP contribution is -2.20. The molecule has 1 aromatic carbocycles. The van der Waals surface area contributed by atoms with E-state index in [1.807, 2.05) is 18.2 Å². The number of amides is 2. The van der Waals surface area contributed by atoms with Crippen molar-refractivity contribution in [3.05, 3.63) is 48.2 Å². The van der Waals surface area contributed by atoms with Crippen molar-refractivity contribution in [3.8, 4) is 0 Å². The average molecular weight is 242 g/mol. The van der Waals surface area contributed by atoms with Gasteiger partial charge in [-0.3, -0.25) is 5.32 Å². The number of anilines is 3. The molecule has 0 spiro atoms. The van der Waals surface area contributed by atoms with Crippen LogP contribution in [0.15, 0.2) is 42.5 Å². The highest BCUT2D eigenvalue weighted by Gasteiger charge is 2.04. The van der Waals surface area contributed by atoms with Gasteiger partial charge in [0.15, 0.2) is 0 Å². The summed E-state index contributed by atoms with van der Waals surface area (Å²) in [7, 11) is 0. The Morgan fingerprint density at radius 2 is 1.83 bits per heavy atom. The number of carbonyl (C=O) groups excluding carboxylic acids is 1. The Morgan fingerprint density at radius 3 is 2.50 bits per heavy atom. The van der Waals surface area contributed by atoms with Crippen LogP contribution in [0, 0.1) is 6.92 Å². The van der Waals surface area contributed by atoms with E-state index in [0.717, 1.165) is 5.69 Å². The number of pyridine rings is 1. The highest BCUT2D eigenvalue weighted by atomic mass is 16.2. The number of urea groups is 1. The molecule has 2 amide bonds. The number of hydrogen-bond acceptors (Lipinski definition) is 3. The van der Waals surface area contributed by atoms with E-state index in [1.165, 1.54) is 0 Å². The maximum atomic E-state index is 11.7. The molecule has 0 atom stereocenters. The van der Waals surface area contributed by atoms with E-state index in [2.05, 4.69) is 15.6 Å². The molecular formula is C13H14N4O. The minimum Gasteiger partial charge on any atom is -0.397 e. The highest BCUT2D eigenvalue weighted by molar-refractivity contribution is 5.99. The molecule has 4 N–H and O–H groups in total. The Balaban J connectivity index is 2.01. The normalized spacial score (nSPS) is 9.83. The van der Waals surface area contributed by atoms with Gasteiger partial charge in [0.1, 0.15) is 5.82 Å². The lowest BCUT2D eigenvalue weighted by atomic mass is 10.3. The third-order valence-corrected chi connectivity index (χ3v) is 2.40. The van der Waals surface area contributed by atoms with Crippen molar-refractivity contribution in [2.45, 2.75) is 6.92 Å². The Hall–Kier alpha value is -2.56. The van der Waals surface area contributed by atoms with Crippen molar-refractivity contribution in [2.75, 3.05) is 16.4 Å². The smallest absolute Gasteiger partial charge is 0.324 e. The molecule has 2 aromatic rings. The fourth-order valence-corrected chi connectivity index (χ4v) is 1.44. The fourth-order valence-electron chi connectivity index (χ4n) is 1.44. The van der Waals surface area contributed by atoms with Gasteiger partial charge < -0.3 is 11.1 Å². The first-order valence-electron chi connectivity index (χ1n) is 5.51. The van der Waals surface area contributed by atoms with Crippen molar-refractivity contribution in [1.82, 2.24) is 4.98 Å². The lowest BCUT2D eigenvalue weighted by molar-refractivity contribution is 0.262. The van der Waals surface area contributed by atoms with Gasteiger partial charge in [-0.2, -0.15) is 0 Å². The van der Waals surface area contributed by atoms with E-state index in [-0.39, 0.29) is 6.03 Å². The van der Waals surface area contributed by atoms with E-state index in [4.69, 9.17) is 5.73 Å². The average Bonchev–Trinajstić information content (AvgIpc) is 2.35. The zero-order valence-electron chi connectivity index (χ0n) is 9.97. The summed E-state index contributed by atoms with van der Waals surface area (Å²) in [5.74, 6) is 0.468. The summed E-state index contributed by atoms with van der Waals surface area (Å²) in [4.78, 5) is 15.8. The van der Waals surface area contributed by atoms with Gasteiger partial charge in [-0.05, 0) is 31.2 Å². The SMILES string of the molecule is Cc1nc(NC(=O)Nc2ccccc2)ccc1N. The van der Waals surface area contributed by atoms with Crippen molar-refractivity contribution in [1.29, 1.82) is 0 Å². The zero-order chi connectivity index (χ0) is 13.0. The van der Waals surface area contributed by atoms with Crippen LogP contribution < -0.4 is 16.4 Å². The first-order chi connectivity index (χ1) is 8.65. The number of nitrogens with one attached hydrogen (secondary N) is 2.